The summed E-state index contributed by atoms with van der Waals surface area (Å²) in [4.78, 5) is 30.9. The summed E-state index contributed by atoms with van der Waals surface area (Å²) in [6.45, 7) is 6.06. The molecule has 0 fully saturated rings. The number of nitrogens with one attached hydrogen (secondary N) is 2. The average Bonchev–Trinajstić information content (AvgIpc) is 3.54. The number of allylic oxidation sites excluding steroid dienone is 4. The number of carbonyl (C=O) groups excluding carboxylic acids is 2. The zero-order chi connectivity index (χ0) is 28.3. The molecular weight excluding hydrogens is 524 g/mol. The van der Waals surface area contributed by atoms with Gasteiger partial charge in [-0.15, -0.1) is 11.3 Å². The van der Waals surface area contributed by atoms with Crippen molar-refractivity contribution in [1.82, 2.24) is 20.1 Å². The van der Waals surface area contributed by atoms with Gasteiger partial charge in [0.25, 0.3) is 5.91 Å². The summed E-state index contributed by atoms with van der Waals surface area (Å²) < 4.78 is 7.24. The second kappa shape index (κ2) is 11.5. The highest BCUT2D eigenvalue weighted by Crippen LogP contribution is 2.30. The van der Waals surface area contributed by atoms with Crippen LogP contribution in [0.5, 0.6) is 0 Å². The fourth-order valence-electron chi connectivity index (χ4n) is 4.80. The number of amides is 2. The second-order valence-corrected chi connectivity index (χ2v) is 12.2. The maximum absolute atomic E-state index is 13.1. The molecule has 10 heteroatoms. The molecule has 40 heavy (non-hydrogen) atoms. The summed E-state index contributed by atoms with van der Waals surface area (Å²) in [5.74, 6) is -0.0135. The van der Waals surface area contributed by atoms with Crippen LogP contribution in [0, 0.1) is 11.3 Å². The first-order chi connectivity index (χ1) is 19.1. The molecule has 2 heterocycles. The Hall–Kier alpha value is -4.23. The highest BCUT2D eigenvalue weighted by atomic mass is 32.1. The van der Waals surface area contributed by atoms with Crippen molar-refractivity contribution in [1.29, 1.82) is 5.26 Å². The molecule has 2 aromatic heterocycles. The Labute approximate surface area is 237 Å². The fourth-order valence-corrected chi connectivity index (χ4v) is 5.88. The number of anilines is 1. The highest BCUT2D eigenvalue weighted by molar-refractivity contribution is 7.15. The Bertz CT molecular complexity index is 1520. The van der Waals surface area contributed by atoms with Crippen LogP contribution in [0.3, 0.4) is 0 Å². The Morgan fingerprint density at radius 1 is 1.30 bits per heavy atom. The minimum absolute atomic E-state index is 0.0218. The van der Waals surface area contributed by atoms with Crippen molar-refractivity contribution in [2.75, 3.05) is 5.32 Å². The summed E-state index contributed by atoms with van der Waals surface area (Å²) in [5.41, 5.74) is 3.72. The molecule has 1 unspecified atom stereocenters. The topological polar surface area (TPSA) is 122 Å². The Morgan fingerprint density at radius 3 is 2.90 bits per heavy atom. The smallest absolute Gasteiger partial charge is 0.407 e. The van der Waals surface area contributed by atoms with Crippen molar-refractivity contribution in [3.05, 3.63) is 87.7 Å². The molecule has 1 aromatic carbocycles. The molecule has 0 bridgehead atoms. The first-order valence-electron chi connectivity index (χ1n) is 13.3. The van der Waals surface area contributed by atoms with Crippen LogP contribution in [-0.4, -0.2) is 38.4 Å². The number of aryl methyl sites for hydroxylation is 1. The van der Waals surface area contributed by atoms with Gasteiger partial charge in [-0.2, -0.15) is 10.4 Å². The molecule has 2 N–H and O–H groups in total. The molecule has 2 aliphatic carbocycles. The molecule has 5 rings (SSSR count). The predicted molar refractivity (Wildman–Crippen MR) is 153 cm³/mol. The third-order valence-corrected chi connectivity index (χ3v) is 7.76. The lowest BCUT2D eigenvalue weighted by atomic mass is 9.92. The number of rotatable bonds is 6. The number of alkyl carbamates (subject to hydrolysis) is 1. The van der Waals surface area contributed by atoms with Gasteiger partial charge in [0.1, 0.15) is 5.60 Å². The third kappa shape index (κ3) is 6.85. The molecule has 9 nitrogen and oxygen atoms in total. The Kier molecular flexibility index (Phi) is 7.85. The standard InChI is InChI=1S/C30H32N6O3S/c1-30(2,3)39-29(38)33-24-11-12-25-26(14-24)40-28(34-25)35-27(37)22-6-4-5-20(13-22)17-36-18-23(16-32-36)21-9-7-19(15-31)8-10-21/h4-9,13,16,18,21,24H,10-12,14,17H2,1-3H3,(H,33,38)(H,34,35,37)/t21?,24-/m0/s1. The normalized spacial score (nSPS) is 18.3. The number of hydrogen-bond donors (Lipinski definition) is 2. The van der Waals surface area contributed by atoms with Crippen LogP contribution in [0.25, 0.3) is 0 Å². The van der Waals surface area contributed by atoms with Crippen molar-refractivity contribution in [3.63, 3.8) is 0 Å². The molecule has 206 valence electrons. The summed E-state index contributed by atoms with van der Waals surface area (Å²) in [6.07, 6.45) is 12.2. The van der Waals surface area contributed by atoms with Gasteiger partial charge in [0.2, 0.25) is 0 Å². The van der Waals surface area contributed by atoms with Crippen LogP contribution in [0.4, 0.5) is 9.93 Å². The van der Waals surface area contributed by atoms with E-state index in [4.69, 9.17) is 10.00 Å². The van der Waals surface area contributed by atoms with Crippen LogP contribution in [0.2, 0.25) is 0 Å². The lowest BCUT2D eigenvalue weighted by Crippen LogP contribution is -2.41. The minimum atomic E-state index is -0.543. The Balaban J connectivity index is 1.18. The summed E-state index contributed by atoms with van der Waals surface area (Å²) >= 11 is 1.45. The van der Waals surface area contributed by atoms with Crippen molar-refractivity contribution in [2.45, 2.75) is 70.6 Å². The van der Waals surface area contributed by atoms with E-state index >= 15 is 0 Å². The SMILES string of the molecule is CC(C)(C)OC(=O)N[C@H]1CCc2nc(NC(=O)c3cccc(Cn4cc(C5C=CC(C#N)=CC5)cn4)c3)sc2C1. The number of thiazole rings is 1. The van der Waals surface area contributed by atoms with Crippen LogP contribution >= 0.6 is 11.3 Å². The zero-order valence-corrected chi connectivity index (χ0v) is 23.6. The predicted octanol–water partition coefficient (Wildman–Crippen LogP) is 5.52. The van der Waals surface area contributed by atoms with Gasteiger partial charge in [0.05, 0.1) is 24.5 Å². The van der Waals surface area contributed by atoms with Gasteiger partial charge < -0.3 is 10.1 Å². The van der Waals surface area contributed by atoms with Gasteiger partial charge in [0, 0.05) is 40.6 Å². The van der Waals surface area contributed by atoms with E-state index in [9.17, 15) is 9.59 Å². The molecule has 0 radical (unpaired) electrons. The lowest BCUT2D eigenvalue weighted by molar-refractivity contribution is 0.0500. The molecule has 0 saturated heterocycles. The number of nitriles is 1. The van der Waals surface area contributed by atoms with E-state index in [0.29, 0.717) is 29.2 Å². The monoisotopic (exact) mass is 556 g/mol. The van der Waals surface area contributed by atoms with E-state index < -0.39 is 11.7 Å². The molecule has 2 atom stereocenters. The van der Waals surface area contributed by atoms with Crippen LogP contribution < -0.4 is 10.6 Å². The lowest BCUT2D eigenvalue weighted by Gasteiger charge is -2.25. The van der Waals surface area contributed by atoms with Gasteiger partial charge >= 0.3 is 6.09 Å². The first-order valence-corrected chi connectivity index (χ1v) is 14.2. The summed E-state index contributed by atoms with van der Waals surface area (Å²) in [6, 6.07) is 9.64. The van der Waals surface area contributed by atoms with Crippen molar-refractivity contribution >= 4 is 28.5 Å². The minimum Gasteiger partial charge on any atom is -0.444 e. The number of benzene rings is 1. The van der Waals surface area contributed by atoms with E-state index in [2.05, 4.69) is 26.8 Å². The molecular formula is C30H32N6O3S. The second-order valence-electron chi connectivity index (χ2n) is 11.1. The van der Waals surface area contributed by atoms with Crippen molar-refractivity contribution in [3.8, 4) is 6.07 Å². The highest BCUT2D eigenvalue weighted by Gasteiger charge is 2.26. The Morgan fingerprint density at radius 2 is 2.15 bits per heavy atom. The number of nitrogens with zero attached hydrogens (tertiary/aromatic N) is 4. The number of ether oxygens (including phenoxy) is 1. The van der Waals surface area contributed by atoms with Crippen LogP contribution in [0.1, 0.15) is 71.6 Å². The van der Waals surface area contributed by atoms with E-state index in [1.54, 1.807) is 6.07 Å². The molecule has 2 amide bonds. The third-order valence-electron chi connectivity index (χ3n) is 6.72. The first kappa shape index (κ1) is 27.3. The number of fused-ring (bicyclic) bond motifs is 1. The maximum Gasteiger partial charge on any atom is 0.407 e. The van der Waals surface area contributed by atoms with Gasteiger partial charge in [-0.05, 0) is 69.4 Å². The largest absolute Gasteiger partial charge is 0.444 e. The summed E-state index contributed by atoms with van der Waals surface area (Å²) in [5, 5.41) is 20.0. The van der Waals surface area contributed by atoms with Crippen LogP contribution in [-0.2, 0) is 24.1 Å². The quantitative estimate of drug-likeness (QED) is 0.413. The van der Waals surface area contributed by atoms with Gasteiger partial charge in [-0.25, -0.2) is 9.78 Å². The molecule has 3 aromatic rings. The van der Waals surface area contributed by atoms with Gasteiger partial charge in [-0.3, -0.25) is 14.8 Å². The van der Waals surface area contributed by atoms with E-state index in [1.807, 2.05) is 74.3 Å². The van der Waals surface area contributed by atoms with Crippen molar-refractivity contribution in [2.24, 2.45) is 0 Å². The van der Waals surface area contributed by atoms with E-state index in [0.717, 1.165) is 41.0 Å². The van der Waals surface area contributed by atoms with E-state index in [1.165, 1.54) is 11.3 Å². The van der Waals surface area contributed by atoms with Crippen LogP contribution in [0.15, 0.2) is 60.5 Å². The fraction of sp³-hybridized carbons (Fsp3) is 0.367. The molecule has 0 spiro atoms. The zero-order valence-electron chi connectivity index (χ0n) is 22.8. The van der Waals surface area contributed by atoms with Crippen molar-refractivity contribution < 1.29 is 14.3 Å². The maximum atomic E-state index is 13.1. The molecule has 0 aliphatic heterocycles. The van der Waals surface area contributed by atoms with Gasteiger partial charge in [-0.1, -0.05) is 24.3 Å². The molecule has 0 saturated carbocycles. The van der Waals surface area contributed by atoms with Gasteiger partial charge in [0.15, 0.2) is 5.13 Å². The summed E-state index contributed by atoms with van der Waals surface area (Å²) in [7, 11) is 0. The number of carbonyl (C=O) groups is 2. The average molecular weight is 557 g/mol. The number of aromatic nitrogens is 3. The van der Waals surface area contributed by atoms with E-state index in [-0.39, 0.29) is 17.9 Å². The molecule has 2 aliphatic rings. The number of hydrogen-bond acceptors (Lipinski definition) is 7.